The Balaban J connectivity index is 1.96. The molecule has 4 nitrogen and oxygen atoms in total. The van der Waals surface area contributed by atoms with Gasteiger partial charge in [0.15, 0.2) is 0 Å². The number of hydrogen-bond donors (Lipinski definition) is 2. The molecule has 0 radical (unpaired) electrons. The van der Waals surface area contributed by atoms with Gasteiger partial charge in [0.25, 0.3) is 5.91 Å². The van der Waals surface area contributed by atoms with E-state index < -0.39 is 11.8 Å². The lowest BCUT2D eigenvalue weighted by Crippen LogP contribution is -2.28. The molecule has 0 saturated heterocycles. The first-order valence-electron chi connectivity index (χ1n) is 8.74. The average Bonchev–Trinajstić information content (AvgIpc) is 3.23. The largest absolute Gasteiger partial charge is 0.289 e. The first-order valence-corrected chi connectivity index (χ1v) is 9.62. The number of thiazole rings is 1. The van der Waals surface area contributed by atoms with Crippen LogP contribution in [-0.4, -0.2) is 16.1 Å². The van der Waals surface area contributed by atoms with Gasteiger partial charge in [0, 0.05) is 11.6 Å². The second kappa shape index (κ2) is 8.88. The Kier molecular flexibility index (Phi) is 6.32. The molecule has 140 valence electrons. The van der Waals surface area contributed by atoms with Crippen LogP contribution in [0.3, 0.4) is 0 Å². The molecule has 2 aromatic carbocycles. The number of hydroxylamine groups is 1. The summed E-state index contributed by atoms with van der Waals surface area (Å²) in [5.41, 5.74) is 3.85. The van der Waals surface area contributed by atoms with Crippen LogP contribution in [0.1, 0.15) is 47.2 Å². The van der Waals surface area contributed by atoms with Gasteiger partial charge in [0.2, 0.25) is 0 Å². The van der Waals surface area contributed by atoms with E-state index in [0.717, 1.165) is 11.1 Å². The highest BCUT2D eigenvalue weighted by molar-refractivity contribution is 7.09. The molecule has 0 bridgehead atoms. The number of nitrogens with zero attached hydrogens (tertiary/aromatic N) is 1. The zero-order valence-corrected chi connectivity index (χ0v) is 15.7. The lowest BCUT2D eigenvalue weighted by molar-refractivity contribution is -0.131. The molecule has 0 aliphatic rings. The molecule has 0 spiro atoms. The van der Waals surface area contributed by atoms with Crippen molar-refractivity contribution in [2.45, 2.75) is 31.1 Å². The van der Waals surface area contributed by atoms with Crippen LogP contribution in [0.5, 0.6) is 0 Å². The minimum absolute atomic E-state index is 0.0112. The highest BCUT2D eigenvalue weighted by Crippen LogP contribution is 2.40. The van der Waals surface area contributed by atoms with Gasteiger partial charge in [0.05, 0.1) is 5.92 Å². The summed E-state index contributed by atoms with van der Waals surface area (Å²) in [6, 6.07) is 16.4. The zero-order chi connectivity index (χ0) is 19.2. The Bertz CT molecular complexity index is 854. The zero-order valence-electron chi connectivity index (χ0n) is 14.9. The maximum Gasteiger partial charge on any atom is 0.253 e. The first-order chi connectivity index (χ1) is 13.1. The van der Waals surface area contributed by atoms with E-state index in [0.29, 0.717) is 11.4 Å². The minimum Gasteiger partial charge on any atom is -0.289 e. The third-order valence-electron chi connectivity index (χ3n) is 4.89. The highest BCUT2D eigenvalue weighted by atomic mass is 32.1. The Morgan fingerprint density at radius 2 is 1.85 bits per heavy atom. The molecule has 3 atom stereocenters. The van der Waals surface area contributed by atoms with E-state index in [1.165, 1.54) is 23.5 Å². The van der Waals surface area contributed by atoms with E-state index in [2.05, 4.69) is 11.9 Å². The van der Waals surface area contributed by atoms with Crippen molar-refractivity contribution in [2.24, 2.45) is 0 Å². The van der Waals surface area contributed by atoms with Crippen molar-refractivity contribution >= 4 is 17.2 Å². The monoisotopic (exact) mass is 384 g/mol. The van der Waals surface area contributed by atoms with Gasteiger partial charge in [-0.2, -0.15) is 0 Å². The standard InChI is InChI=1S/C21H21FN2O2S/c1-14(15-7-9-17(22)10-8-15)18(16-5-3-2-4-6-16)13-19(20(25)24-26)21-23-11-12-27-21/h2-12,14,18-19,26H,13H2,1H3,(H,24,25). The average molecular weight is 384 g/mol. The molecule has 0 aliphatic carbocycles. The predicted molar refractivity (Wildman–Crippen MR) is 103 cm³/mol. The Morgan fingerprint density at radius 1 is 1.15 bits per heavy atom. The van der Waals surface area contributed by atoms with Crippen molar-refractivity contribution in [1.82, 2.24) is 10.5 Å². The smallest absolute Gasteiger partial charge is 0.253 e. The van der Waals surface area contributed by atoms with Gasteiger partial charge < -0.3 is 0 Å². The predicted octanol–water partition coefficient (Wildman–Crippen LogP) is 4.85. The third-order valence-corrected chi connectivity index (χ3v) is 5.78. The number of aromatic nitrogens is 1. The number of hydrogen-bond acceptors (Lipinski definition) is 4. The fourth-order valence-electron chi connectivity index (χ4n) is 3.39. The summed E-state index contributed by atoms with van der Waals surface area (Å²) >= 11 is 1.39. The van der Waals surface area contributed by atoms with E-state index in [9.17, 15) is 14.4 Å². The van der Waals surface area contributed by atoms with Crippen molar-refractivity contribution in [3.05, 3.63) is 88.1 Å². The van der Waals surface area contributed by atoms with Crippen LogP contribution in [0.15, 0.2) is 66.2 Å². The van der Waals surface area contributed by atoms with E-state index in [-0.39, 0.29) is 17.7 Å². The Morgan fingerprint density at radius 3 is 2.44 bits per heavy atom. The van der Waals surface area contributed by atoms with Gasteiger partial charge in [-0.25, -0.2) is 14.9 Å². The topological polar surface area (TPSA) is 62.2 Å². The summed E-state index contributed by atoms with van der Waals surface area (Å²) in [6.07, 6.45) is 2.13. The normalized spacial score (nSPS) is 14.3. The number of halogens is 1. The van der Waals surface area contributed by atoms with Crippen LogP contribution in [0.4, 0.5) is 4.39 Å². The van der Waals surface area contributed by atoms with E-state index in [1.54, 1.807) is 23.8 Å². The van der Waals surface area contributed by atoms with Gasteiger partial charge in [-0.3, -0.25) is 10.0 Å². The number of benzene rings is 2. The molecule has 2 N–H and O–H groups in total. The summed E-state index contributed by atoms with van der Waals surface area (Å²) in [6.45, 7) is 2.07. The first kappa shape index (κ1) is 19.2. The van der Waals surface area contributed by atoms with Crippen LogP contribution in [0.25, 0.3) is 0 Å². The quantitative estimate of drug-likeness (QED) is 0.452. The summed E-state index contributed by atoms with van der Waals surface area (Å²) in [4.78, 5) is 16.6. The molecule has 3 unspecified atom stereocenters. The SMILES string of the molecule is CC(c1ccc(F)cc1)C(CC(C(=O)NO)c1nccs1)c1ccccc1. The summed E-state index contributed by atoms with van der Waals surface area (Å²) in [5.74, 6) is -1.28. The number of rotatable bonds is 7. The molecule has 3 rings (SSSR count). The number of carbonyl (C=O) groups is 1. The second-order valence-corrected chi connectivity index (χ2v) is 7.42. The van der Waals surface area contributed by atoms with Gasteiger partial charge in [0.1, 0.15) is 10.8 Å². The Hall–Kier alpha value is -2.57. The maximum atomic E-state index is 13.3. The third kappa shape index (κ3) is 4.59. The Labute approximate surface area is 161 Å². The molecule has 1 amide bonds. The lowest BCUT2D eigenvalue weighted by Gasteiger charge is -2.28. The van der Waals surface area contributed by atoms with E-state index in [4.69, 9.17) is 0 Å². The molecular formula is C21H21FN2O2S. The number of carbonyl (C=O) groups excluding carboxylic acids is 1. The van der Waals surface area contributed by atoms with Crippen molar-refractivity contribution in [3.63, 3.8) is 0 Å². The van der Waals surface area contributed by atoms with Crippen LogP contribution < -0.4 is 5.48 Å². The van der Waals surface area contributed by atoms with Crippen LogP contribution in [0, 0.1) is 5.82 Å². The van der Waals surface area contributed by atoms with Crippen LogP contribution in [0.2, 0.25) is 0 Å². The van der Waals surface area contributed by atoms with Crippen molar-refractivity contribution in [1.29, 1.82) is 0 Å². The molecular weight excluding hydrogens is 363 g/mol. The van der Waals surface area contributed by atoms with Crippen LogP contribution >= 0.6 is 11.3 Å². The fraction of sp³-hybridized carbons (Fsp3) is 0.238. The van der Waals surface area contributed by atoms with Crippen LogP contribution in [-0.2, 0) is 4.79 Å². The maximum absolute atomic E-state index is 13.3. The van der Waals surface area contributed by atoms with E-state index in [1.807, 2.05) is 35.7 Å². The molecule has 0 saturated carbocycles. The minimum atomic E-state index is -0.567. The molecule has 0 aliphatic heterocycles. The van der Waals surface area contributed by atoms with Gasteiger partial charge >= 0.3 is 0 Å². The van der Waals surface area contributed by atoms with E-state index >= 15 is 0 Å². The van der Waals surface area contributed by atoms with Gasteiger partial charge in [-0.15, -0.1) is 11.3 Å². The van der Waals surface area contributed by atoms with Crippen molar-refractivity contribution in [2.75, 3.05) is 0 Å². The molecule has 0 fully saturated rings. The molecule has 1 heterocycles. The number of nitrogens with one attached hydrogen (secondary N) is 1. The van der Waals surface area contributed by atoms with Gasteiger partial charge in [-0.1, -0.05) is 49.4 Å². The molecule has 6 heteroatoms. The highest BCUT2D eigenvalue weighted by Gasteiger charge is 2.30. The summed E-state index contributed by atoms with van der Waals surface area (Å²) < 4.78 is 13.3. The lowest BCUT2D eigenvalue weighted by atomic mass is 9.77. The molecule has 3 aromatic rings. The summed E-state index contributed by atoms with van der Waals surface area (Å²) in [5, 5.41) is 11.7. The summed E-state index contributed by atoms with van der Waals surface area (Å²) in [7, 11) is 0. The molecule has 1 aromatic heterocycles. The second-order valence-electron chi connectivity index (χ2n) is 6.49. The fourth-order valence-corrected chi connectivity index (χ4v) is 4.14. The van der Waals surface area contributed by atoms with Crippen molar-refractivity contribution in [3.8, 4) is 0 Å². The number of amides is 1. The van der Waals surface area contributed by atoms with Gasteiger partial charge in [-0.05, 0) is 41.5 Å². The molecule has 27 heavy (non-hydrogen) atoms. The van der Waals surface area contributed by atoms with Crippen molar-refractivity contribution < 1.29 is 14.4 Å².